The van der Waals surface area contributed by atoms with E-state index >= 15 is 8.78 Å². The number of amides is 1. The third kappa shape index (κ3) is 4.92. The first kappa shape index (κ1) is 28.2. The second-order valence-corrected chi connectivity index (χ2v) is 11.6. The molecule has 10 nitrogen and oxygen atoms in total. The number of aromatic nitrogens is 3. The Hall–Kier alpha value is -4.58. The zero-order valence-electron chi connectivity index (χ0n) is 24.2. The first-order valence-corrected chi connectivity index (χ1v) is 14.8. The van der Waals surface area contributed by atoms with Gasteiger partial charge in [0, 0.05) is 49.6 Å². The van der Waals surface area contributed by atoms with Gasteiger partial charge in [-0.05, 0) is 42.7 Å². The Morgan fingerprint density at radius 2 is 1.75 bits per heavy atom. The highest BCUT2D eigenvalue weighted by Gasteiger charge is 2.35. The molecule has 0 saturated carbocycles. The molecule has 1 unspecified atom stereocenters. The summed E-state index contributed by atoms with van der Waals surface area (Å²) in [5.74, 6) is -1.60. The van der Waals surface area contributed by atoms with E-state index in [-0.39, 0.29) is 23.8 Å². The Labute approximate surface area is 252 Å². The SMILES string of the molecule is C[C@@H]1c2ccccc2[C@H](F)CN1C(=O)c1cc(N2CCOCC2)n2nc(-c3ccc(N4CCC(C(=O)O)C4)cc3F)cc2n1. The normalized spacial score (nSPS) is 22.0. The fraction of sp³-hybridized carbons (Fsp3) is 0.375. The molecule has 0 bridgehead atoms. The fourth-order valence-corrected chi connectivity index (χ4v) is 6.50. The zero-order chi connectivity index (χ0) is 30.5. The molecule has 2 aromatic carbocycles. The first-order valence-electron chi connectivity index (χ1n) is 14.8. The van der Waals surface area contributed by atoms with Crippen LogP contribution in [0.1, 0.15) is 47.2 Å². The van der Waals surface area contributed by atoms with E-state index in [1.807, 2.05) is 28.9 Å². The number of hydrogen-bond donors (Lipinski definition) is 1. The molecule has 3 aliphatic rings. The molecule has 1 amide bonds. The van der Waals surface area contributed by atoms with E-state index in [1.54, 1.807) is 40.9 Å². The average Bonchev–Trinajstić information content (AvgIpc) is 3.71. The van der Waals surface area contributed by atoms with Gasteiger partial charge in [0.1, 0.15) is 23.5 Å². The van der Waals surface area contributed by atoms with Crippen molar-refractivity contribution in [2.24, 2.45) is 5.92 Å². The zero-order valence-corrected chi connectivity index (χ0v) is 24.2. The summed E-state index contributed by atoms with van der Waals surface area (Å²) < 4.78 is 37.9. The molecular weight excluding hydrogens is 570 g/mol. The number of halogens is 2. The van der Waals surface area contributed by atoms with Crippen LogP contribution < -0.4 is 9.80 Å². The number of fused-ring (bicyclic) bond motifs is 2. The van der Waals surface area contributed by atoms with Gasteiger partial charge in [-0.15, -0.1) is 0 Å². The Morgan fingerprint density at radius 3 is 2.48 bits per heavy atom. The van der Waals surface area contributed by atoms with Gasteiger partial charge in [-0.2, -0.15) is 9.61 Å². The molecule has 3 aliphatic heterocycles. The second kappa shape index (κ2) is 11.2. The van der Waals surface area contributed by atoms with E-state index in [2.05, 4.69) is 4.98 Å². The van der Waals surface area contributed by atoms with Gasteiger partial charge in [-0.1, -0.05) is 24.3 Å². The fourth-order valence-electron chi connectivity index (χ4n) is 6.50. The van der Waals surface area contributed by atoms with Gasteiger partial charge in [0.15, 0.2) is 5.65 Å². The van der Waals surface area contributed by atoms with Gasteiger partial charge in [-0.3, -0.25) is 9.59 Å². The van der Waals surface area contributed by atoms with Gasteiger partial charge < -0.3 is 24.5 Å². The Bertz CT molecular complexity index is 1760. The summed E-state index contributed by atoms with van der Waals surface area (Å²) in [5.41, 5.74) is 3.10. The molecule has 2 fully saturated rings. The number of aliphatic carboxylic acids is 1. The number of morpholine rings is 1. The number of benzene rings is 2. The number of ether oxygens (including phenoxy) is 1. The van der Waals surface area contributed by atoms with Crippen molar-refractivity contribution in [3.63, 3.8) is 0 Å². The van der Waals surface area contributed by atoms with Crippen LogP contribution in [0.15, 0.2) is 54.6 Å². The molecular formula is C32H32F2N6O4. The number of anilines is 2. The summed E-state index contributed by atoms with van der Waals surface area (Å²) in [4.78, 5) is 35.4. The van der Waals surface area contributed by atoms with Crippen LogP contribution >= 0.6 is 0 Å². The second-order valence-electron chi connectivity index (χ2n) is 11.6. The van der Waals surface area contributed by atoms with E-state index in [0.717, 1.165) is 5.56 Å². The van der Waals surface area contributed by atoms with E-state index in [9.17, 15) is 14.7 Å². The lowest BCUT2D eigenvalue weighted by Gasteiger charge is -2.37. The number of alkyl halides is 1. The molecule has 2 aromatic heterocycles. The Kier molecular flexibility index (Phi) is 7.16. The molecule has 0 spiro atoms. The van der Waals surface area contributed by atoms with Crippen molar-refractivity contribution in [2.75, 3.05) is 55.7 Å². The number of rotatable bonds is 5. The number of carboxylic acid groups (broad SMARTS) is 1. The van der Waals surface area contributed by atoms with Crippen LogP contribution in [0.4, 0.5) is 20.3 Å². The van der Waals surface area contributed by atoms with E-state index in [4.69, 9.17) is 9.84 Å². The Balaban J connectivity index is 1.25. The largest absolute Gasteiger partial charge is 0.481 e. The van der Waals surface area contributed by atoms with Gasteiger partial charge >= 0.3 is 5.97 Å². The van der Waals surface area contributed by atoms with Gasteiger partial charge in [0.2, 0.25) is 0 Å². The van der Waals surface area contributed by atoms with Crippen LogP contribution in [0.2, 0.25) is 0 Å². The van der Waals surface area contributed by atoms with Crippen LogP contribution in [0.25, 0.3) is 16.9 Å². The summed E-state index contributed by atoms with van der Waals surface area (Å²) in [5, 5.41) is 14.0. The average molecular weight is 603 g/mol. The number of carboxylic acids is 1. The molecule has 0 radical (unpaired) electrons. The van der Waals surface area contributed by atoms with Crippen LogP contribution in [0.3, 0.4) is 0 Å². The van der Waals surface area contributed by atoms with Crippen LogP contribution in [-0.2, 0) is 9.53 Å². The highest BCUT2D eigenvalue weighted by Crippen LogP contribution is 2.38. The molecule has 7 rings (SSSR count). The Morgan fingerprint density at radius 1 is 0.977 bits per heavy atom. The number of hydrogen-bond acceptors (Lipinski definition) is 7. The molecule has 5 heterocycles. The summed E-state index contributed by atoms with van der Waals surface area (Å²) >= 11 is 0. The van der Waals surface area contributed by atoms with Gasteiger partial charge in [-0.25, -0.2) is 13.8 Å². The topological polar surface area (TPSA) is 104 Å². The molecule has 3 atom stereocenters. The quantitative estimate of drug-likeness (QED) is 0.356. The van der Waals surface area contributed by atoms with Crippen molar-refractivity contribution in [2.45, 2.75) is 25.6 Å². The van der Waals surface area contributed by atoms with Crippen molar-refractivity contribution in [3.8, 4) is 11.3 Å². The molecule has 1 N–H and O–H groups in total. The standard InChI is InChI=1S/C32H32F2N6O4/c1-19-22-4-2-3-5-23(22)26(34)18-39(19)31(41)28-16-30(37-10-12-44-13-11-37)40-29(35-28)15-27(36-40)24-7-6-21(14-25(24)33)38-9-8-20(17-38)32(42)43/h2-7,14-16,19-20,26H,8-13,17-18H2,1H3,(H,42,43)/t19-,20?,26-/m1/s1. The minimum absolute atomic E-state index is 0.0803. The maximum Gasteiger partial charge on any atom is 0.308 e. The third-order valence-electron chi connectivity index (χ3n) is 8.96. The van der Waals surface area contributed by atoms with Crippen molar-refractivity contribution >= 4 is 29.0 Å². The molecule has 12 heteroatoms. The van der Waals surface area contributed by atoms with Crippen molar-refractivity contribution in [1.29, 1.82) is 0 Å². The maximum atomic E-state index is 15.5. The summed E-state index contributed by atoms with van der Waals surface area (Å²) in [6.07, 6.45) is -0.798. The molecule has 2 saturated heterocycles. The van der Waals surface area contributed by atoms with E-state index in [0.29, 0.717) is 74.2 Å². The lowest BCUT2D eigenvalue weighted by Crippen LogP contribution is -2.41. The molecule has 44 heavy (non-hydrogen) atoms. The van der Waals surface area contributed by atoms with Crippen LogP contribution in [0.5, 0.6) is 0 Å². The summed E-state index contributed by atoms with van der Waals surface area (Å²) in [7, 11) is 0. The van der Waals surface area contributed by atoms with Crippen molar-refractivity contribution in [1.82, 2.24) is 19.5 Å². The third-order valence-corrected chi connectivity index (χ3v) is 8.96. The number of carbonyl (C=O) groups excluding carboxylic acids is 1. The number of carbonyl (C=O) groups is 2. The highest BCUT2D eigenvalue weighted by molar-refractivity contribution is 5.94. The predicted molar refractivity (Wildman–Crippen MR) is 159 cm³/mol. The van der Waals surface area contributed by atoms with Crippen LogP contribution in [0, 0.1) is 11.7 Å². The van der Waals surface area contributed by atoms with Crippen LogP contribution in [-0.4, -0.2) is 82.4 Å². The van der Waals surface area contributed by atoms with E-state index < -0.39 is 29.8 Å². The van der Waals surface area contributed by atoms with E-state index in [1.165, 1.54) is 11.0 Å². The maximum absolute atomic E-state index is 15.5. The van der Waals surface area contributed by atoms with Crippen molar-refractivity contribution < 1.29 is 28.2 Å². The van der Waals surface area contributed by atoms with Crippen molar-refractivity contribution in [3.05, 3.63) is 77.2 Å². The lowest BCUT2D eigenvalue weighted by atomic mass is 9.92. The molecule has 0 aliphatic carbocycles. The summed E-state index contributed by atoms with van der Waals surface area (Å²) in [6, 6.07) is 15.0. The lowest BCUT2D eigenvalue weighted by molar-refractivity contribution is -0.140. The minimum atomic E-state index is -1.31. The minimum Gasteiger partial charge on any atom is -0.481 e. The first-order chi connectivity index (χ1) is 21.3. The monoisotopic (exact) mass is 602 g/mol. The highest BCUT2D eigenvalue weighted by atomic mass is 19.1. The number of nitrogens with zero attached hydrogens (tertiary/aromatic N) is 6. The van der Waals surface area contributed by atoms with Gasteiger partial charge in [0.05, 0.1) is 37.4 Å². The molecule has 4 aromatic rings. The predicted octanol–water partition coefficient (Wildman–Crippen LogP) is 4.51. The summed E-state index contributed by atoms with van der Waals surface area (Å²) in [6.45, 7) is 4.81. The molecule has 228 valence electrons. The smallest absolute Gasteiger partial charge is 0.308 e. The van der Waals surface area contributed by atoms with Gasteiger partial charge in [0.25, 0.3) is 5.91 Å².